The lowest BCUT2D eigenvalue weighted by atomic mass is 10.0. The van der Waals surface area contributed by atoms with Gasteiger partial charge in [0.25, 0.3) is 0 Å². The van der Waals surface area contributed by atoms with Crippen LogP contribution >= 0.6 is 15.9 Å². The molecule has 1 aromatic carbocycles. The van der Waals surface area contributed by atoms with Gasteiger partial charge in [-0.15, -0.1) is 0 Å². The van der Waals surface area contributed by atoms with Crippen molar-refractivity contribution in [1.29, 1.82) is 0 Å². The number of hydrogen-bond acceptors (Lipinski definition) is 3. The summed E-state index contributed by atoms with van der Waals surface area (Å²) in [5.74, 6) is 0. The first kappa shape index (κ1) is 15.0. The second kappa shape index (κ2) is 5.52. The molecule has 0 spiro atoms. The molecule has 6 heteroatoms. The molecule has 0 saturated heterocycles. The highest BCUT2D eigenvalue weighted by atomic mass is 79.9. The highest BCUT2D eigenvalue weighted by Gasteiger charge is 2.32. The molecule has 0 aromatic heterocycles. The van der Waals surface area contributed by atoms with Crippen LogP contribution in [0.5, 0.6) is 0 Å². The number of rotatable bonds is 4. The van der Waals surface area contributed by atoms with Gasteiger partial charge in [-0.05, 0) is 43.5 Å². The molecule has 2 rings (SSSR count). The quantitative estimate of drug-likeness (QED) is 0.878. The molecule has 0 bridgehead atoms. The predicted octanol–water partition coefficient (Wildman–Crippen LogP) is 2.34. The van der Waals surface area contributed by atoms with E-state index in [1.165, 1.54) is 0 Å². The number of sulfonamides is 1. The molecule has 1 aliphatic carbocycles. The highest BCUT2D eigenvalue weighted by molar-refractivity contribution is 9.10. The number of halogens is 1. The third-order valence-electron chi connectivity index (χ3n) is 3.57. The van der Waals surface area contributed by atoms with Crippen LogP contribution in [0.15, 0.2) is 27.6 Å². The predicted molar refractivity (Wildman–Crippen MR) is 77.5 cm³/mol. The summed E-state index contributed by atoms with van der Waals surface area (Å²) in [5, 5.41) is 10.2. The second-order valence-corrected chi connectivity index (χ2v) is 7.79. The van der Waals surface area contributed by atoms with E-state index in [0.717, 1.165) is 22.9 Å². The summed E-state index contributed by atoms with van der Waals surface area (Å²) in [7, 11) is -3.56. The Hall–Kier alpha value is -0.430. The summed E-state index contributed by atoms with van der Waals surface area (Å²) >= 11 is 3.34. The SMILES string of the molecule is Cc1cc(S(=O)(=O)NCC2(O)CCCC2)ccc1Br. The van der Waals surface area contributed by atoms with Crippen molar-refractivity contribution in [3.8, 4) is 0 Å². The maximum Gasteiger partial charge on any atom is 0.240 e. The minimum atomic E-state index is -3.56. The molecular formula is C13H18BrNO3S. The fourth-order valence-corrected chi connectivity index (χ4v) is 3.76. The van der Waals surface area contributed by atoms with E-state index in [9.17, 15) is 13.5 Å². The lowest BCUT2D eigenvalue weighted by Gasteiger charge is -2.22. The van der Waals surface area contributed by atoms with Crippen LogP contribution in [0.1, 0.15) is 31.2 Å². The Morgan fingerprint density at radius 3 is 2.58 bits per heavy atom. The largest absolute Gasteiger partial charge is 0.389 e. The molecule has 0 unspecified atom stereocenters. The summed E-state index contributed by atoms with van der Waals surface area (Å²) in [5.41, 5.74) is -0.0141. The van der Waals surface area contributed by atoms with Crippen molar-refractivity contribution in [2.45, 2.75) is 43.1 Å². The van der Waals surface area contributed by atoms with Crippen molar-refractivity contribution in [3.05, 3.63) is 28.2 Å². The lowest BCUT2D eigenvalue weighted by Crippen LogP contribution is -2.40. The van der Waals surface area contributed by atoms with Crippen molar-refractivity contribution < 1.29 is 13.5 Å². The van der Waals surface area contributed by atoms with Crippen LogP contribution in [0.25, 0.3) is 0 Å². The minimum absolute atomic E-state index is 0.0877. The zero-order valence-electron chi connectivity index (χ0n) is 10.8. The Balaban J connectivity index is 2.11. The molecule has 0 aliphatic heterocycles. The third kappa shape index (κ3) is 3.56. The zero-order valence-corrected chi connectivity index (χ0v) is 13.2. The summed E-state index contributed by atoms with van der Waals surface area (Å²) in [6.07, 6.45) is 3.23. The normalized spacial score (nSPS) is 18.7. The lowest BCUT2D eigenvalue weighted by molar-refractivity contribution is 0.0532. The molecule has 2 N–H and O–H groups in total. The first-order chi connectivity index (χ1) is 8.82. The Morgan fingerprint density at radius 1 is 1.37 bits per heavy atom. The van der Waals surface area contributed by atoms with Gasteiger partial charge in [-0.1, -0.05) is 28.8 Å². The van der Waals surface area contributed by atoms with Crippen LogP contribution in [-0.4, -0.2) is 25.7 Å². The minimum Gasteiger partial charge on any atom is -0.389 e. The topological polar surface area (TPSA) is 66.4 Å². The molecule has 1 saturated carbocycles. The fourth-order valence-electron chi connectivity index (χ4n) is 2.31. The van der Waals surface area contributed by atoms with Crippen molar-refractivity contribution in [1.82, 2.24) is 4.72 Å². The molecule has 0 radical (unpaired) electrons. The van der Waals surface area contributed by atoms with Crippen LogP contribution in [-0.2, 0) is 10.0 Å². The first-order valence-corrected chi connectivity index (χ1v) is 8.58. The van der Waals surface area contributed by atoms with Crippen molar-refractivity contribution >= 4 is 26.0 Å². The average molecular weight is 348 g/mol. The van der Waals surface area contributed by atoms with Crippen molar-refractivity contribution in [2.75, 3.05) is 6.54 Å². The van der Waals surface area contributed by atoms with Gasteiger partial charge < -0.3 is 5.11 Å². The van der Waals surface area contributed by atoms with E-state index >= 15 is 0 Å². The van der Waals surface area contributed by atoms with Gasteiger partial charge in [0.05, 0.1) is 10.5 Å². The van der Waals surface area contributed by atoms with Crippen LogP contribution < -0.4 is 4.72 Å². The number of hydrogen-bond donors (Lipinski definition) is 2. The summed E-state index contributed by atoms with van der Waals surface area (Å²) in [4.78, 5) is 0.231. The molecule has 0 heterocycles. The molecule has 4 nitrogen and oxygen atoms in total. The van der Waals surface area contributed by atoms with Crippen LogP contribution in [0.2, 0.25) is 0 Å². The van der Waals surface area contributed by atoms with Gasteiger partial charge in [0.1, 0.15) is 0 Å². The number of benzene rings is 1. The molecule has 1 fully saturated rings. The van der Waals surface area contributed by atoms with E-state index < -0.39 is 15.6 Å². The highest BCUT2D eigenvalue weighted by Crippen LogP contribution is 2.29. The van der Waals surface area contributed by atoms with Gasteiger partial charge in [-0.25, -0.2) is 13.1 Å². The number of nitrogens with one attached hydrogen (secondary N) is 1. The molecule has 1 aliphatic rings. The van der Waals surface area contributed by atoms with E-state index in [1.807, 2.05) is 6.92 Å². The summed E-state index contributed by atoms with van der Waals surface area (Å²) in [6.45, 7) is 1.93. The Labute approximate surface area is 122 Å². The second-order valence-electron chi connectivity index (χ2n) is 5.17. The first-order valence-electron chi connectivity index (χ1n) is 6.31. The molecule has 0 amide bonds. The van der Waals surface area contributed by atoms with Crippen LogP contribution in [0, 0.1) is 6.92 Å². The summed E-state index contributed by atoms with van der Waals surface area (Å²) < 4.78 is 27.7. The van der Waals surface area contributed by atoms with Gasteiger partial charge in [-0.3, -0.25) is 0 Å². The Morgan fingerprint density at radius 2 is 2.00 bits per heavy atom. The average Bonchev–Trinajstić information content (AvgIpc) is 2.78. The van der Waals surface area contributed by atoms with Crippen LogP contribution in [0.3, 0.4) is 0 Å². The van der Waals surface area contributed by atoms with Crippen molar-refractivity contribution in [2.24, 2.45) is 0 Å². The maximum absolute atomic E-state index is 12.2. The monoisotopic (exact) mass is 347 g/mol. The van der Waals surface area contributed by atoms with E-state index in [2.05, 4.69) is 20.7 Å². The Kier molecular flexibility index (Phi) is 4.35. The standard InChI is InChI=1S/C13H18BrNO3S/c1-10-8-11(4-5-12(10)14)19(17,18)15-9-13(16)6-2-3-7-13/h4-5,8,15-16H,2-3,6-7,9H2,1H3. The van der Waals surface area contributed by atoms with Gasteiger partial charge in [-0.2, -0.15) is 0 Å². The smallest absolute Gasteiger partial charge is 0.240 e. The van der Waals surface area contributed by atoms with Gasteiger partial charge in [0.15, 0.2) is 0 Å². The number of aryl methyl sites for hydroxylation is 1. The molecular weight excluding hydrogens is 330 g/mol. The zero-order chi connectivity index (χ0) is 14.1. The van der Waals surface area contributed by atoms with E-state index in [1.54, 1.807) is 18.2 Å². The molecule has 106 valence electrons. The van der Waals surface area contributed by atoms with Crippen LogP contribution in [0.4, 0.5) is 0 Å². The third-order valence-corrected chi connectivity index (χ3v) is 5.85. The van der Waals surface area contributed by atoms with Gasteiger partial charge >= 0.3 is 0 Å². The van der Waals surface area contributed by atoms with Gasteiger partial charge in [0.2, 0.25) is 10.0 Å². The van der Waals surface area contributed by atoms with E-state index in [-0.39, 0.29) is 11.4 Å². The van der Waals surface area contributed by atoms with E-state index in [0.29, 0.717) is 12.8 Å². The summed E-state index contributed by atoms with van der Waals surface area (Å²) in [6, 6.07) is 4.89. The van der Waals surface area contributed by atoms with Crippen molar-refractivity contribution in [3.63, 3.8) is 0 Å². The molecule has 0 atom stereocenters. The fraction of sp³-hybridized carbons (Fsp3) is 0.538. The molecule has 1 aromatic rings. The Bertz CT molecular complexity index is 565. The van der Waals surface area contributed by atoms with E-state index in [4.69, 9.17) is 0 Å². The maximum atomic E-state index is 12.2. The van der Waals surface area contributed by atoms with Gasteiger partial charge in [0, 0.05) is 11.0 Å². The molecule has 19 heavy (non-hydrogen) atoms. The number of aliphatic hydroxyl groups is 1.